The molecular weight excluding hydrogens is 178 g/mol. The molecule has 3 heteroatoms. The lowest BCUT2D eigenvalue weighted by Crippen LogP contribution is -2.23. The second-order valence-electron chi connectivity index (χ2n) is 3.73. The summed E-state index contributed by atoms with van der Waals surface area (Å²) in [4.78, 5) is 0. The number of fused-ring (bicyclic) bond motifs is 1. The van der Waals surface area contributed by atoms with Gasteiger partial charge >= 0.3 is 0 Å². The van der Waals surface area contributed by atoms with Crippen LogP contribution in [0.4, 0.5) is 0 Å². The zero-order valence-electron chi connectivity index (χ0n) is 8.23. The van der Waals surface area contributed by atoms with Gasteiger partial charge in [-0.15, -0.1) is 0 Å². The highest BCUT2D eigenvalue weighted by atomic mass is 16.5. The Balaban J connectivity index is 2.28. The molecule has 1 aliphatic heterocycles. The Bertz CT molecular complexity index is 336. The van der Waals surface area contributed by atoms with Gasteiger partial charge in [-0.05, 0) is 24.1 Å². The van der Waals surface area contributed by atoms with Crippen LogP contribution in [0.1, 0.15) is 24.1 Å². The number of rotatable bonds is 2. The van der Waals surface area contributed by atoms with Crippen molar-refractivity contribution in [1.29, 1.82) is 0 Å². The molecule has 0 spiro atoms. The average Bonchev–Trinajstić information content (AvgIpc) is 2.62. The molecule has 0 aromatic heterocycles. The van der Waals surface area contributed by atoms with Gasteiger partial charge in [-0.1, -0.05) is 12.1 Å². The van der Waals surface area contributed by atoms with Crippen molar-refractivity contribution < 1.29 is 9.84 Å². The highest BCUT2D eigenvalue weighted by molar-refractivity contribution is 5.40. The number of aliphatic hydroxyl groups excluding tert-OH is 1. The van der Waals surface area contributed by atoms with Gasteiger partial charge in [0.1, 0.15) is 5.75 Å². The van der Waals surface area contributed by atoms with Gasteiger partial charge in [-0.3, -0.25) is 0 Å². The second-order valence-corrected chi connectivity index (χ2v) is 3.73. The van der Waals surface area contributed by atoms with Gasteiger partial charge in [-0.2, -0.15) is 0 Å². The van der Waals surface area contributed by atoms with Gasteiger partial charge in [0.2, 0.25) is 0 Å². The molecule has 3 nitrogen and oxygen atoms in total. The van der Waals surface area contributed by atoms with Crippen LogP contribution in [0.3, 0.4) is 0 Å². The van der Waals surface area contributed by atoms with E-state index in [2.05, 4.69) is 0 Å². The first-order valence-electron chi connectivity index (χ1n) is 4.88. The van der Waals surface area contributed by atoms with Crippen LogP contribution in [0.25, 0.3) is 0 Å². The first-order valence-corrected chi connectivity index (χ1v) is 4.88. The molecule has 1 heterocycles. The van der Waals surface area contributed by atoms with E-state index in [-0.39, 0.29) is 6.04 Å². The fraction of sp³-hybridized carbons (Fsp3) is 0.455. The van der Waals surface area contributed by atoms with Gasteiger partial charge in [0.05, 0.1) is 18.8 Å². The van der Waals surface area contributed by atoms with E-state index >= 15 is 0 Å². The Kier molecular flexibility index (Phi) is 2.44. The lowest BCUT2D eigenvalue weighted by molar-refractivity contribution is 0.164. The minimum Gasteiger partial charge on any atom is -0.493 e. The van der Waals surface area contributed by atoms with Crippen molar-refractivity contribution in [2.75, 3.05) is 6.61 Å². The quantitative estimate of drug-likeness (QED) is 0.736. The molecule has 0 saturated heterocycles. The maximum atomic E-state index is 9.37. The Morgan fingerprint density at radius 3 is 3.00 bits per heavy atom. The number of hydrogen-bond donors (Lipinski definition) is 2. The van der Waals surface area contributed by atoms with Gasteiger partial charge in [0.25, 0.3) is 0 Å². The minimum absolute atomic E-state index is 0.305. The van der Waals surface area contributed by atoms with Crippen LogP contribution >= 0.6 is 0 Å². The summed E-state index contributed by atoms with van der Waals surface area (Å²) in [5.74, 6) is 0.951. The smallest absolute Gasteiger partial charge is 0.122 e. The summed E-state index contributed by atoms with van der Waals surface area (Å²) in [6.07, 6.45) is 0.422. The third-order valence-electron chi connectivity index (χ3n) is 2.62. The van der Waals surface area contributed by atoms with E-state index in [0.717, 1.165) is 24.3 Å². The number of aliphatic hydroxyl groups is 1. The van der Waals surface area contributed by atoms with Crippen molar-refractivity contribution >= 4 is 0 Å². The van der Waals surface area contributed by atoms with Crippen LogP contribution in [0, 0.1) is 0 Å². The van der Waals surface area contributed by atoms with Gasteiger partial charge in [0.15, 0.2) is 0 Å². The largest absolute Gasteiger partial charge is 0.493 e. The van der Waals surface area contributed by atoms with Crippen molar-refractivity contribution in [3.63, 3.8) is 0 Å². The molecule has 76 valence electrons. The summed E-state index contributed by atoms with van der Waals surface area (Å²) >= 11 is 0. The van der Waals surface area contributed by atoms with E-state index in [0.29, 0.717) is 0 Å². The van der Waals surface area contributed by atoms with Crippen molar-refractivity contribution in [1.82, 2.24) is 0 Å². The molecule has 0 aliphatic carbocycles. The topological polar surface area (TPSA) is 55.5 Å². The Morgan fingerprint density at radius 2 is 2.29 bits per heavy atom. The van der Waals surface area contributed by atoms with Gasteiger partial charge in [-0.25, -0.2) is 0 Å². The van der Waals surface area contributed by atoms with Crippen molar-refractivity contribution in [2.45, 2.75) is 25.5 Å². The Morgan fingerprint density at radius 1 is 1.50 bits per heavy atom. The maximum absolute atomic E-state index is 9.37. The molecule has 2 rings (SSSR count). The van der Waals surface area contributed by atoms with E-state index < -0.39 is 6.10 Å². The van der Waals surface area contributed by atoms with E-state index in [1.807, 2.05) is 18.2 Å². The molecule has 1 unspecified atom stereocenters. The normalized spacial score (nSPS) is 18.5. The van der Waals surface area contributed by atoms with E-state index in [1.54, 1.807) is 6.92 Å². The molecule has 2 atom stereocenters. The van der Waals surface area contributed by atoms with Crippen LogP contribution in [0.5, 0.6) is 5.75 Å². The SMILES string of the molecule is CC(O)[C@@H](N)c1ccc2c(c1)CCO2. The third-order valence-corrected chi connectivity index (χ3v) is 2.62. The van der Waals surface area contributed by atoms with E-state index in [4.69, 9.17) is 10.5 Å². The standard InChI is InChI=1S/C11H15NO2/c1-7(13)11(12)9-2-3-10-8(6-9)4-5-14-10/h2-3,6-7,11,13H,4-5,12H2,1H3/t7?,11-/m1/s1. The molecule has 14 heavy (non-hydrogen) atoms. The molecule has 0 saturated carbocycles. The zero-order chi connectivity index (χ0) is 10.1. The highest BCUT2D eigenvalue weighted by Crippen LogP contribution is 2.28. The monoisotopic (exact) mass is 193 g/mol. The number of hydrogen-bond acceptors (Lipinski definition) is 3. The minimum atomic E-state index is -0.518. The lowest BCUT2D eigenvalue weighted by atomic mass is 10.00. The first kappa shape index (κ1) is 9.49. The molecule has 1 aliphatic rings. The van der Waals surface area contributed by atoms with Crippen molar-refractivity contribution in [3.05, 3.63) is 29.3 Å². The summed E-state index contributed by atoms with van der Waals surface area (Å²) in [6, 6.07) is 5.57. The summed E-state index contributed by atoms with van der Waals surface area (Å²) in [6.45, 7) is 2.46. The lowest BCUT2D eigenvalue weighted by Gasteiger charge is -2.15. The van der Waals surface area contributed by atoms with Crippen molar-refractivity contribution in [2.24, 2.45) is 5.73 Å². The molecule has 0 fully saturated rings. The van der Waals surface area contributed by atoms with Crippen LogP contribution < -0.4 is 10.5 Å². The van der Waals surface area contributed by atoms with E-state index in [9.17, 15) is 5.11 Å². The molecule has 0 radical (unpaired) electrons. The molecule has 1 aromatic rings. The molecule has 1 aromatic carbocycles. The van der Waals surface area contributed by atoms with Gasteiger partial charge in [0, 0.05) is 6.42 Å². The van der Waals surface area contributed by atoms with Gasteiger partial charge < -0.3 is 15.6 Å². The third kappa shape index (κ3) is 1.61. The Hall–Kier alpha value is -1.06. The predicted molar refractivity (Wildman–Crippen MR) is 54.3 cm³/mol. The summed E-state index contributed by atoms with van der Waals surface area (Å²) in [5.41, 5.74) is 8.01. The molecule has 3 N–H and O–H groups in total. The fourth-order valence-corrected chi connectivity index (χ4v) is 1.69. The summed E-state index contributed by atoms with van der Waals surface area (Å²) in [5, 5.41) is 9.37. The number of nitrogens with two attached hydrogens (primary N) is 1. The summed E-state index contributed by atoms with van der Waals surface area (Å²) < 4.78 is 5.39. The summed E-state index contributed by atoms with van der Waals surface area (Å²) in [7, 11) is 0. The molecule has 0 bridgehead atoms. The number of ether oxygens (including phenoxy) is 1. The van der Waals surface area contributed by atoms with E-state index in [1.165, 1.54) is 5.56 Å². The second kappa shape index (κ2) is 3.59. The van der Waals surface area contributed by atoms with Crippen LogP contribution in [-0.2, 0) is 6.42 Å². The van der Waals surface area contributed by atoms with Crippen LogP contribution in [-0.4, -0.2) is 17.8 Å². The average molecular weight is 193 g/mol. The Labute approximate surface area is 83.5 Å². The molecular formula is C11H15NO2. The maximum Gasteiger partial charge on any atom is 0.122 e. The first-order chi connectivity index (χ1) is 6.68. The highest BCUT2D eigenvalue weighted by Gasteiger charge is 2.16. The van der Waals surface area contributed by atoms with Crippen LogP contribution in [0.2, 0.25) is 0 Å². The molecule has 0 amide bonds. The zero-order valence-corrected chi connectivity index (χ0v) is 8.23. The predicted octanol–water partition coefficient (Wildman–Crippen LogP) is 1.00. The van der Waals surface area contributed by atoms with Crippen molar-refractivity contribution in [3.8, 4) is 5.75 Å². The number of benzene rings is 1. The fourth-order valence-electron chi connectivity index (χ4n) is 1.69. The van der Waals surface area contributed by atoms with Crippen LogP contribution in [0.15, 0.2) is 18.2 Å².